The molecule has 13 heavy (non-hydrogen) atoms. The second kappa shape index (κ2) is 4.20. The molecule has 1 atom stereocenters. The molecule has 0 aliphatic carbocycles. The summed E-state index contributed by atoms with van der Waals surface area (Å²) in [7, 11) is 0. The van der Waals surface area contributed by atoms with E-state index in [1.54, 1.807) is 6.92 Å². The predicted octanol–water partition coefficient (Wildman–Crippen LogP) is 1.10. The van der Waals surface area contributed by atoms with Crippen LogP contribution >= 0.6 is 0 Å². The van der Waals surface area contributed by atoms with Gasteiger partial charge in [0.15, 0.2) is 0 Å². The zero-order valence-electron chi connectivity index (χ0n) is 7.64. The van der Waals surface area contributed by atoms with Gasteiger partial charge in [-0.15, -0.1) is 4.91 Å². The first-order valence-electron chi connectivity index (χ1n) is 4.46. The minimum absolute atomic E-state index is 0.190. The van der Waals surface area contributed by atoms with Crippen LogP contribution in [0.1, 0.15) is 19.8 Å². The van der Waals surface area contributed by atoms with Gasteiger partial charge in [-0.05, 0) is 18.8 Å². The molecule has 1 heterocycles. The van der Waals surface area contributed by atoms with Gasteiger partial charge in [0, 0.05) is 13.1 Å². The molecule has 0 aromatic heterocycles. The number of piperidine rings is 1. The molecule has 1 unspecified atom stereocenters. The van der Waals surface area contributed by atoms with E-state index < -0.39 is 5.97 Å². The van der Waals surface area contributed by atoms with Crippen LogP contribution in [-0.4, -0.2) is 29.2 Å². The molecule has 0 aromatic carbocycles. The number of hydrogen-bond acceptors (Lipinski definition) is 3. The molecule has 0 saturated carbocycles. The van der Waals surface area contributed by atoms with E-state index in [1.807, 2.05) is 0 Å². The average molecular weight is 186 g/mol. The topological polar surface area (TPSA) is 70.0 Å². The van der Waals surface area contributed by atoms with E-state index in [0.717, 1.165) is 12.8 Å². The Morgan fingerprint density at radius 3 is 2.46 bits per heavy atom. The molecule has 0 radical (unpaired) electrons. The van der Waals surface area contributed by atoms with Crippen LogP contribution < -0.4 is 0 Å². The van der Waals surface area contributed by atoms with Crippen LogP contribution in [0.25, 0.3) is 0 Å². The third-order valence-electron chi connectivity index (χ3n) is 2.73. The Kier molecular flexibility index (Phi) is 3.22. The SMILES string of the molecule is CC(C(=O)O)C1CCN(N=O)CC1. The molecule has 0 amide bonds. The molecular formula is C8H14N2O3. The summed E-state index contributed by atoms with van der Waals surface area (Å²) in [4.78, 5) is 20.8. The van der Waals surface area contributed by atoms with Crippen LogP contribution in [0.5, 0.6) is 0 Å². The fraction of sp³-hybridized carbons (Fsp3) is 0.875. The van der Waals surface area contributed by atoms with Crippen molar-refractivity contribution in [3.05, 3.63) is 4.91 Å². The van der Waals surface area contributed by atoms with E-state index in [-0.39, 0.29) is 11.8 Å². The Balaban J connectivity index is 2.40. The van der Waals surface area contributed by atoms with E-state index in [4.69, 9.17) is 5.11 Å². The lowest BCUT2D eigenvalue weighted by Crippen LogP contribution is -2.34. The first-order valence-corrected chi connectivity index (χ1v) is 4.46. The van der Waals surface area contributed by atoms with Crippen molar-refractivity contribution < 1.29 is 9.90 Å². The third-order valence-corrected chi connectivity index (χ3v) is 2.73. The second-order valence-electron chi connectivity index (χ2n) is 3.50. The lowest BCUT2D eigenvalue weighted by atomic mass is 9.86. The van der Waals surface area contributed by atoms with Gasteiger partial charge in [-0.2, -0.15) is 0 Å². The van der Waals surface area contributed by atoms with Crippen LogP contribution in [0, 0.1) is 16.7 Å². The smallest absolute Gasteiger partial charge is 0.306 e. The van der Waals surface area contributed by atoms with Gasteiger partial charge in [0.1, 0.15) is 0 Å². The summed E-state index contributed by atoms with van der Waals surface area (Å²) in [6.45, 7) is 2.90. The Morgan fingerprint density at radius 2 is 2.08 bits per heavy atom. The van der Waals surface area contributed by atoms with Gasteiger partial charge in [-0.25, -0.2) is 0 Å². The number of carbonyl (C=O) groups is 1. The van der Waals surface area contributed by atoms with E-state index in [2.05, 4.69) is 5.29 Å². The van der Waals surface area contributed by atoms with Crippen molar-refractivity contribution in [3.8, 4) is 0 Å². The molecule has 1 aliphatic heterocycles. The minimum atomic E-state index is -0.752. The van der Waals surface area contributed by atoms with Gasteiger partial charge in [0.25, 0.3) is 0 Å². The lowest BCUT2D eigenvalue weighted by molar-refractivity contribution is -0.143. The van der Waals surface area contributed by atoms with Gasteiger partial charge < -0.3 is 5.11 Å². The predicted molar refractivity (Wildman–Crippen MR) is 46.9 cm³/mol. The molecule has 5 nitrogen and oxygen atoms in total. The Hall–Kier alpha value is -1.13. The maximum Gasteiger partial charge on any atom is 0.306 e. The van der Waals surface area contributed by atoms with Crippen LogP contribution in [-0.2, 0) is 4.79 Å². The van der Waals surface area contributed by atoms with Crippen molar-refractivity contribution in [2.45, 2.75) is 19.8 Å². The summed E-state index contributed by atoms with van der Waals surface area (Å²) in [6, 6.07) is 0. The van der Waals surface area contributed by atoms with E-state index in [9.17, 15) is 9.70 Å². The fourth-order valence-corrected chi connectivity index (χ4v) is 1.67. The number of carboxylic acids is 1. The average Bonchev–Trinajstić information content (AvgIpc) is 2.17. The monoisotopic (exact) mass is 186 g/mol. The fourth-order valence-electron chi connectivity index (χ4n) is 1.67. The molecule has 0 spiro atoms. The van der Waals surface area contributed by atoms with Crippen molar-refractivity contribution in [2.75, 3.05) is 13.1 Å². The molecule has 1 saturated heterocycles. The van der Waals surface area contributed by atoms with Crippen molar-refractivity contribution in [1.29, 1.82) is 0 Å². The first-order chi connectivity index (χ1) is 6.15. The molecule has 1 rings (SSSR count). The molecule has 5 heteroatoms. The van der Waals surface area contributed by atoms with E-state index in [1.165, 1.54) is 5.01 Å². The zero-order valence-corrected chi connectivity index (χ0v) is 7.64. The van der Waals surface area contributed by atoms with E-state index in [0.29, 0.717) is 13.1 Å². The van der Waals surface area contributed by atoms with Crippen molar-refractivity contribution in [3.63, 3.8) is 0 Å². The van der Waals surface area contributed by atoms with Gasteiger partial charge in [0.05, 0.1) is 11.2 Å². The summed E-state index contributed by atoms with van der Waals surface area (Å²) >= 11 is 0. The summed E-state index contributed by atoms with van der Waals surface area (Å²) in [5.41, 5.74) is 0. The van der Waals surface area contributed by atoms with Crippen LogP contribution in [0.15, 0.2) is 5.29 Å². The Bertz CT molecular complexity index is 200. The maximum atomic E-state index is 10.7. The molecule has 74 valence electrons. The highest BCUT2D eigenvalue weighted by molar-refractivity contribution is 5.69. The molecule has 1 fully saturated rings. The van der Waals surface area contributed by atoms with Crippen molar-refractivity contribution in [2.24, 2.45) is 17.1 Å². The maximum absolute atomic E-state index is 10.7. The van der Waals surface area contributed by atoms with Crippen molar-refractivity contribution in [1.82, 2.24) is 5.01 Å². The van der Waals surface area contributed by atoms with Gasteiger partial charge in [0.2, 0.25) is 0 Å². The van der Waals surface area contributed by atoms with Crippen molar-refractivity contribution >= 4 is 5.97 Å². The van der Waals surface area contributed by atoms with Gasteiger partial charge >= 0.3 is 5.97 Å². The largest absolute Gasteiger partial charge is 0.481 e. The van der Waals surface area contributed by atoms with Gasteiger partial charge in [-0.1, -0.05) is 6.92 Å². The number of nitroso groups, excluding NO2 is 1. The highest BCUT2D eigenvalue weighted by Gasteiger charge is 2.27. The third kappa shape index (κ3) is 2.40. The summed E-state index contributed by atoms with van der Waals surface area (Å²) in [5.74, 6) is -0.873. The van der Waals surface area contributed by atoms with Crippen LogP contribution in [0.3, 0.4) is 0 Å². The lowest BCUT2D eigenvalue weighted by Gasteiger charge is -2.29. The van der Waals surface area contributed by atoms with Crippen LogP contribution in [0.4, 0.5) is 0 Å². The molecule has 0 bridgehead atoms. The van der Waals surface area contributed by atoms with Gasteiger partial charge in [-0.3, -0.25) is 9.80 Å². The number of rotatable bonds is 3. The normalized spacial score (nSPS) is 21.2. The highest BCUT2D eigenvalue weighted by Crippen LogP contribution is 2.24. The quantitative estimate of drug-likeness (QED) is 0.670. The molecular weight excluding hydrogens is 172 g/mol. The Morgan fingerprint density at radius 1 is 1.54 bits per heavy atom. The summed E-state index contributed by atoms with van der Waals surface area (Å²) in [6.07, 6.45) is 1.50. The Labute approximate surface area is 76.7 Å². The first kappa shape index (κ1) is 9.95. The standard InChI is InChI=1S/C8H14N2O3/c1-6(8(11)12)7-2-4-10(9-13)5-3-7/h6-7H,2-5H2,1H3,(H,11,12). The summed E-state index contributed by atoms with van der Waals surface area (Å²) < 4.78 is 0. The van der Waals surface area contributed by atoms with E-state index >= 15 is 0 Å². The molecule has 0 aromatic rings. The number of nitrogens with zero attached hydrogens (tertiary/aromatic N) is 2. The highest BCUT2D eigenvalue weighted by atomic mass is 16.4. The van der Waals surface area contributed by atoms with Crippen LogP contribution in [0.2, 0.25) is 0 Å². The molecule has 1 aliphatic rings. The zero-order chi connectivity index (χ0) is 9.84. The molecule has 1 N–H and O–H groups in total. The number of hydrogen-bond donors (Lipinski definition) is 1. The second-order valence-corrected chi connectivity index (χ2v) is 3.50. The number of aliphatic carboxylic acids is 1. The summed E-state index contributed by atoms with van der Waals surface area (Å²) in [5, 5.41) is 13.0. The number of carboxylic acid groups (broad SMARTS) is 1. The minimum Gasteiger partial charge on any atom is -0.481 e.